The fourth-order valence-electron chi connectivity index (χ4n) is 2.39. The summed E-state index contributed by atoms with van der Waals surface area (Å²) in [5.74, 6) is 0.590. The average Bonchev–Trinajstić information content (AvgIpc) is 3.07. The topological polar surface area (TPSA) is 67.5 Å². The Morgan fingerprint density at radius 3 is 2.75 bits per heavy atom. The fraction of sp³-hybridized carbons (Fsp3) is 0. The zero-order chi connectivity index (χ0) is 16.5. The summed E-state index contributed by atoms with van der Waals surface area (Å²) in [6, 6.07) is 13.1. The number of halogens is 2. The van der Waals surface area contributed by atoms with Crippen molar-refractivity contribution >= 4 is 51.7 Å². The monoisotopic (exact) mass is 356 g/mol. The summed E-state index contributed by atoms with van der Waals surface area (Å²) >= 11 is 12.1. The van der Waals surface area contributed by atoms with Gasteiger partial charge in [0.05, 0.1) is 16.3 Å². The predicted octanol–water partition coefficient (Wildman–Crippen LogP) is 4.03. The summed E-state index contributed by atoms with van der Waals surface area (Å²) in [6.45, 7) is 0. The van der Waals surface area contributed by atoms with Gasteiger partial charge >= 0.3 is 0 Å². The van der Waals surface area contributed by atoms with E-state index in [0.717, 1.165) is 10.8 Å². The molecule has 0 bridgehead atoms. The van der Waals surface area contributed by atoms with Crippen LogP contribution in [0.2, 0.25) is 10.0 Å². The third-order valence-electron chi connectivity index (χ3n) is 3.52. The molecule has 0 aliphatic heterocycles. The molecule has 0 spiro atoms. The summed E-state index contributed by atoms with van der Waals surface area (Å²) in [7, 11) is 0. The van der Waals surface area contributed by atoms with E-state index in [2.05, 4.69) is 25.8 Å². The number of hydrazone groups is 1. The van der Waals surface area contributed by atoms with Gasteiger partial charge in [0.15, 0.2) is 11.5 Å². The van der Waals surface area contributed by atoms with E-state index >= 15 is 0 Å². The van der Waals surface area contributed by atoms with Crippen molar-refractivity contribution in [2.24, 2.45) is 5.10 Å². The van der Waals surface area contributed by atoms with Gasteiger partial charge in [0.25, 0.3) is 0 Å². The Kier molecular flexibility index (Phi) is 3.76. The second-order valence-electron chi connectivity index (χ2n) is 5.01. The van der Waals surface area contributed by atoms with Crippen LogP contribution < -0.4 is 5.43 Å². The molecular weight excluding hydrogens is 347 g/mol. The van der Waals surface area contributed by atoms with Crippen LogP contribution >= 0.6 is 23.2 Å². The Labute approximate surface area is 146 Å². The molecule has 0 aliphatic rings. The lowest BCUT2D eigenvalue weighted by atomic mass is 10.2. The van der Waals surface area contributed by atoms with E-state index in [1.54, 1.807) is 23.1 Å². The third-order valence-corrected chi connectivity index (χ3v) is 4.35. The molecule has 4 rings (SSSR count). The molecule has 24 heavy (non-hydrogen) atoms. The highest BCUT2D eigenvalue weighted by molar-refractivity contribution is 6.43. The number of benzene rings is 2. The number of nitrogens with zero attached hydrogens (tertiary/aromatic N) is 5. The summed E-state index contributed by atoms with van der Waals surface area (Å²) in [5, 5.41) is 19.4. The lowest BCUT2D eigenvalue weighted by Crippen LogP contribution is -2.00. The largest absolute Gasteiger partial charge is 0.259 e. The first-order valence-electron chi connectivity index (χ1n) is 7.06. The Bertz CT molecular complexity index is 1070. The maximum absolute atomic E-state index is 6.15. The summed E-state index contributed by atoms with van der Waals surface area (Å²) < 4.78 is 1.60. The molecule has 0 atom stereocenters. The van der Waals surface area contributed by atoms with Gasteiger partial charge in [-0.3, -0.25) is 5.43 Å². The normalized spacial score (nSPS) is 11.6. The minimum atomic E-state index is 0.455. The number of aromatic nitrogens is 4. The quantitative estimate of drug-likeness (QED) is 0.444. The lowest BCUT2D eigenvalue weighted by molar-refractivity contribution is 0.934. The van der Waals surface area contributed by atoms with Gasteiger partial charge in [-0.1, -0.05) is 59.6 Å². The van der Waals surface area contributed by atoms with Crippen molar-refractivity contribution in [1.29, 1.82) is 0 Å². The molecule has 1 N–H and O–H groups in total. The smallest absolute Gasteiger partial charge is 0.185 e. The number of hydrogen-bond acceptors (Lipinski definition) is 5. The van der Waals surface area contributed by atoms with Crippen LogP contribution in [0.5, 0.6) is 0 Å². The highest BCUT2D eigenvalue weighted by atomic mass is 35.5. The molecular formula is C16H10Cl2N6. The molecule has 2 heterocycles. The van der Waals surface area contributed by atoms with Crippen LogP contribution in [0.4, 0.5) is 5.82 Å². The molecule has 0 aliphatic carbocycles. The molecule has 0 unspecified atom stereocenters. The van der Waals surface area contributed by atoms with Crippen LogP contribution in [0, 0.1) is 0 Å². The van der Waals surface area contributed by atoms with Crippen LogP contribution in [0.15, 0.2) is 53.9 Å². The molecule has 0 fully saturated rings. The Morgan fingerprint density at radius 2 is 1.88 bits per heavy atom. The van der Waals surface area contributed by atoms with Crippen molar-refractivity contribution in [1.82, 2.24) is 19.8 Å². The van der Waals surface area contributed by atoms with Crippen LogP contribution in [0.25, 0.3) is 16.4 Å². The standard InChI is InChI=1S/C16H10Cl2N6/c17-13-7-3-4-10(14(13)18)8-19-21-15-11-5-1-2-6-12(11)16-22-20-9-24(16)23-15/h1-9H,(H,21,23). The van der Waals surface area contributed by atoms with Crippen molar-refractivity contribution in [2.75, 3.05) is 5.43 Å². The van der Waals surface area contributed by atoms with Crippen molar-refractivity contribution in [2.45, 2.75) is 0 Å². The Morgan fingerprint density at radius 1 is 1.04 bits per heavy atom. The van der Waals surface area contributed by atoms with Crippen LogP contribution in [-0.4, -0.2) is 26.0 Å². The third kappa shape index (κ3) is 2.55. The molecule has 6 nitrogen and oxygen atoms in total. The molecule has 0 saturated heterocycles. The molecule has 0 radical (unpaired) electrons. The van der Waals surface area contributed by atoms with Gasteiger partial charge in [-0.25, -0.2) is 0 Å². The van der Waals surface area contributed by atoms with Crippen LogP contribution in [0.3, 0.4) is 0 Å². The first kappa shape index (κ1) is 14.9. The van der Waals surface area contributed by atoms with Crippen molar-refractivity contribution in [3.05, 3.63) is 64.4 Å². The van der Waals surface area contributed by atoms with E-state index < -0.39 is 0 Å². The molecule has 8 heteroatoms. The first-order valence-corrected chi connectivity index (χ1v) is 7.81. The van der Waals surface area contributed by atoms with Crippen molar-refractivity contribution in [3.63, 3.8) is 0 Å². The molecule has 118 valence electrons. The maximum atomic E-state index is 6.15. The van der Waals surface area contributed by atoms with E-state index in [1.165, 1.54) is 0 Å². The van der Waals surface area contributed by atoms with Crippen LogP contribution in [-0.2, 0) is 0 Å². The molecule has 0 amide bonds. The summed E-state index contributed by atoms with van der Waals surface area (Å²) in [5.41, 5.74) is 4.35. The van der Waals surface area contributed by atoms with E-state index in [9.17, 15) is 0 Å². The highest BCUT2D eigenvalue weighted by Crippen LogP contribution is 2.25. The second-order valence-corrected chi connectivity index (χ2v) is 5.79. The number of fused-ring (bicyclic) bond motifs is 3. The average molecular weight is 357 g/mol. The predicted molar refractivity (Wildman–Crippen MR) is 96.0 cm³/mol. The summed E-state index contributed by atoms with van der Waals surface area (Å²) in [4.78, 5) is 0. The minimum absolute atomic E-state index is 0.455. The highest BCUT2D eigenvalue weighted by Gasteiger charge is 2.09. The molecule has 4 aromatic rings. The van der Waals surface area contributed by atoms with Gasteiger partial charge < -0.3 is 0 Å². The zero-order valence-corrected chi connectivity index (χ0v) is 13.7. The number of nitrogens with one attached hydrogen (secondary N) is 1. The first-order chi connectivity index (χ1) is 11.7. The van der Waals surface area contributed by atoms with E-state index in [0.29, 0.717) is 27.1 Å². The SMILES string of the molecule is Clc1cccc(C=NNc2nn3cnnc3c3ccccc23)c1Cl. The lowest BCUT2D eigenvalue weighted by Gasteiger charge is -2.06. The van der Waals surface area contributed by atoms with Gasteiger partial charge in [0.2, 0.25) is 0 Å². The van der Waals surface area contributed by atoms with Gasteiger partial charge in [-0.15, -0.1) is 15.3 Å². The van der Waals surface area contributed by atoms with E-state index in [1.807, 2.05) is 36.4 Å². The maximum Gasteiger partial charge on any atom is 0.185 e. The van der Waals surface area contributed by atoms with Gasteiger partial charge in [-0.2, -0.15) is 9.62 Å². The van der Waals surface area contributed by atoms with E-state index in [4.69, 9.17) is 23.2 Å². The van der Waals surface area contributed by atoms with Crippen LogP contribution in [0.1, 0.15) is 5.56 Å². The Hall–Kier alpha value is -2.70. The summed E-state index contributed by atoms with van der Waals surface area (Å²) in [6.07, 6.45) is 3.14. The molecule has 2 aromatic carbocycles. The fourth-order valence-corrected chi connectivity index (χ4v) is 2.75. The van der Waals surface area contributed by atoms with Gasteiger partial charge in [0.1, 0.15) is 6.33 Å². The van der Waals surface area contributed by atoms with Gasteiger partial charge in [-0.05, 0) is 6.07 Å². The van der Waals surface area contributed by atoms with Gasteiger partial charge in [0, 0.05) is 16.3 Å². The van der Waals surface area contributed by atoms with Crippen molar-refractivity contribution < 1.29 is 0 Å². The zero-order valence-electron chi connectivity index (χ0n) is 12.2. The number of anilines is 1. The Balaban J connectivity index is 1.73. The van der Waals surface area contributed by atoms with Crippen molar-refractivity contribution in [3.8, 4) is 0 Å². The number of hydrogen-bond donors (Lipinski definition) is 1. The second kappa shape index (κ2) is 6.07. The minimum Gasteiger partial charge on any atom is -0.259 e. The molecule has 2 aromatic heterocycles. The number of rotatable bonds is 3. The molecule has 0 saturated carbocycles. The van der Waals surface area contributed by atoms with E-state index in [-0.39, 0.29) is 0 Å².